The first-order chi connectivity index (χ1) is 7.79. The summed E-state index contributed by atoms with van der Waals surface area (Å²) in [6.45, 7) is 4.29. The van der Waals surface area contributed by atoms with Crippen LogP contribution in [0.15, 0.2) is 12.4 Å². The van der Waals surface area contributed by atoms with Crippen LogP contribution in [0.2, 0.25) is 0 Å². The smallest absolute Gasteiger partial charge is 0.222 e. The van der Waals surface area contributed by atoms with Gasteiger partial charge < -0.3 is 5.32 Å². The summed E-state index contributed by atoms with van der Waals surface area (Å²) >= 11 is 0. The van der Waals surface area contributed by atoms with Crippen molar-refractivity contribution < 1.29 is 0 Å². The molecule has 0 radical (unpaired) electrons. The van der Waals surface area contributed by atoms with Crippen LogP contribution in [-0.4, -0.2) is 16.0 Å². The van der Waals surface area contributed by atoms with Gasteiger partial charge >= 0.3 is 0 Å². The van der Waals surface area contributed by atoms with E-state index in [4.69, 9.17) is 0 Å². The van der Waals surface area contributed by atoms with Crippen LogP contribution in [0.1, 0.15) is 44.6 Å². The summed E-state index contributed by atoms with van der Waals surface area (Å²) in [5.41, 5.74) is 1.11. The molecule has 2 unspecified atom stereocenters. The zero-order valence-electron chi connectivity index (χ0n) is 10.2. The zero-order valence-corrected chi connectivity index (χ0v) is 10.2. The fraction of sp³-hybridized carbons (Fsp3) is 0.692. The highest BCUT2D eigenvalue weighted by atomic mass is 15.1. The summed E-state index contributed by atoms with van der Waals surface area (Å²) in [6, 6.07) is 0.571. The molecule has 1 aliphatic carbocycles. The lowest BCUT2D eigenvalue weighted by Gasteiger charge is -2.31. The van der Waals surface area contributed by atoms with Crippen LogP contribution in [-0.2, 0) is 0 Å². The van der Waals surface area contributed by atoms with Gasteiger partial charge in [-0.1, -0.05) is 26.2 Å². The van der Waals surface area contributed by atoms with E-state index < -0.39 is 0 Å². The molecule has 1 saturated carbocycles. The van der Waals surface area contributed by atoms with Crippen LogP contribution >= 0.6 is 0 Å². The number of aryl methyl sites for hydroxylation is 1. The normalized spacial score (nSPS) is 25.4. The Labute approximate surface area is 97.7 Å². The van der Waals surface area contributed by atoms with Crippen molar-refractivity contribution in [3.8, 4) is 0 Å². The number of rotatable bonds is 3. The summed E-state index contributed by atoms with van der Waals surface area (Å²) < 4.78 is 0. The molecule has 1 aromatic rings. The molecule has 88 valence electrons. The molecule has 3 heteroatoms. The Bertz CT molecular complexity index is 320. The molecule has 1 N–H and O–H groups in total. The monoisotopic (exact) mass is 219 g/mol. The Hall–Kier alpha value is -1.12. The van der Waals surface area contributed by atoms with Crippen molar-refractivity contribution in [1.29, 1.82) is 0 Å². The molecule has 1 aliphatic rings. The van der Waals surface area contributed by atoms with Crippen LogP contribution in [0.5, 0.6) is 0 Å². The third kappa shape index (κ3) is 2.71. The Morgan fingerprint density at radius 2 is 1.94 bits per heavy atom. The summed E-state index contributed by atoms with van der Waals surface area (Å²) in [7, 11) is 0. The van der Waals surface area contributed by atoms with Crippen molar-refractivity contribution in [3.63, 3.8) is 0 Å². The van der Waals surface area contributed by atoms with E-state index in [1.807, 2.05) is 19.3 Å². The highest BCUT2D eigenvalue weighted by molar-refractivity contribution is 5.26. The molecule has 0 spiro atoms. The highest BCUT2D eigenvalue weighted by Crippen LogP contribution is 2.28. The fourth-order valence-corrected chi connectivity index (χ4v) is 2.52. The van der Waals surface area contributed by atoms with Crippen molar-refractivity contribution in [1.82, 2.24) is 9.97 Å². The second-order valence-electron chi connectivity index (χ2n) is 4.79. The van der Waals surface area contributed by atoms with Gasteiger partial charge in [-0.05, 0) is 31.2 Å². The van der Waals surface area contributed by atoms with Gasteiger partial charge in [-0.25, -0.2) is 9.97 Å². The van der Waals surface area contributed by atoms with Gasteiger partial charge in [0.05, 0.1) is 0 Å². The minimum Gasteiger partial charge on any atom is -0.351 e. The van der Waals surface area contributed by atoms with Crippen LogP contribution in [0.3, 0.4) is 0 Å². The predicted octanol–water partition coefficient (Wildman–Crippen LogP) is 3.17. The van der Waals surface area contributed by atoms with Crippen LogP contribution in [0, 0.1) is 12.8 Å². The summed E-state index contributed by atoms with van der Waals surface area (Å²) in [4.78, 5) is 8.64. The molecule has 0 aromatic carbocycles. The van der Waals surface area contributed by atoms with E-state index in [2.05, 4.69) is 22.2 Å². The summed E-state index contributed by atoms with van der Waals surface area (Å²) in [5, 5.41) is 3.49. The SMILES string of the molecule is CCC1CCCCC1Nc1ncc(C)cn1. The minimum absolute atomic E-state index is 0.571. The number of hydrogen-bond donors (Lipinski definition) is 1. The van der Waals surface area contributed by atoms with E-state index in [0.29, 0.717) is 6.04 Å². The van der Waals surface area contributed by atoms with E-state index in [1.165, 1.54) is 32.1 Å². The van der Waals surface area contributed by atoms with Crippen LogP contribution in [0.25, 0.3) is 0 Å². The highest BCUT2D eigenvalue weighted by Gasteiger charge is 2.23. The van der Waals surface area contributed by atoms with Crippen molar-refractivity contribution in [2.24, 2.45) is 5.92 Å². The number of hydrogen-bond acceptors (Lipinski definition) is 3. The molecule has 0 aliphatic heterocycles. The molecular weight excluding hydrogens is 198 g/mol. The molecule has 1 aromatic heterocycles. The largest absolute Gasteiger partial charge is 0.351 e. The van der Waals surface area contributed by atoms with E-state index >= 15 is 0 Å². The van der Waals surface area contributed by atoms with Crippen LogP contribution in [0.4, 0.5) is 5.95 Å². The van der Waals surface area contributed by atoms with Gasteiger partial charge in [-0.2, -0.15) is 0 Å². The van der Waals surface area contributed by atoms with Gasteiger partial charge in [0.2, 0.25) is 5.95 Å². The second-order valence-corrected chi connectivity index (χ2v) is 4.79. The van der Waals surface area contributed by atoms with Crippen LogP contribution < -0.4 is 5.32 Å². The lowest BCUT2D eigenvalue weighted by molar-refractivity contribution is 0.316. The molecule has 3 nitrogen and oxygen atoms in total. The predicted molar refractivity (Wildman–Crippen MR) is 66.4 cm³/mol. The van der Waals surface area contributed by atoms with Gasteiger partial charge in [0, 0.05) is 18.4 Å². The number of anilines is 1. The third-order valence-electron chi connectivity index (χ3n) is 3.53. The lowest BCUT2D eigenvalue weighted by Crippen LogP contribution is -2.32. The van der Waals surface area contributed by atoms with E-state index in [9.17, 15) is 0 Å². The molecule has 2 rings (SSSR count). The molecule has 0 saturated heterocycles. The summed E-state index contributed by atoms with van der Waals surface area (Å²) in [6.07, 6.45) is 10.3. The molecule has 1 fully saturated rings. The van der Waals surface area contributed by atoms with Crippen molar-refractivity contribution in [2.45, 2.75) is 52.0 Å². The maximum Gasteiger partial charge on any atom is 0.222 e. The number of aromatic nitrogens is 2. The molecule has 0 amide bonds. The van der Waals surface area contributed by atoms with Gasteiger partial charge in [-0.3, -0.25) is 0 Å². The molecular formula is C13H21N3. The Balaban J connectivity index is 1.99. The standard InChI is InChI=1S/C13H21N3/c1-3-11-6-4-5-7-12(11)16-13-14-8-10(2)9-15-13/h8-9,11-12H,3-7H2,1-2H3,(H,14,15,16). The first kappa shape index (κ1) is 11.4. The van der Waals surface area contributed by atoms with Gasteiger partial charge in [0.25, 0.3) is 0 Å². The van der Waals surface area contributed by atoms with Crippen molar-refractivity contribution >= 4 is 5.95 Å². The average Bonchev–Trinajstić information content (AvgIpc) is 2.33. The number of nitrogens with one attached hydrogen (secondary N) is 1. The quantitative estimate of drug-likeness (QED) is 0.848. The Morgan fingerprint density at radius 1 is 1.25 bits per heavy atom. The van der Waals surface area contributed by atoms with Crippen molar-refractivity contribution in [3.05, 3.63) is 18.0 Å². The van der Waals surface area contributed by atoms with Gasteiger partial charge in [0.1, 0.15) is 0 Å². The third-order valence-corrected chi connectivity index (χ3v) is 3.53. The maximum atomic E-state index is 4.32. The maximum absolute atomic E-state index is 4.32. The van der Waals surface area contributed by atoms with Gasteiger partial charge in [-0.15, -0.1) is 0 Å². The average molecular weight is 219 g/mol. The molecule has 16 heavy (non-hydrogen) atoms. The van der Waals surface area contributed by atoms with E-state index in [1.54, 1.807) is 0 Å². The first-order valence-electron chi connectivity index (χ1n) is 6.34. The lowest BCUT2D eigenvalue weighted by atomic mass is 9.83. The summed E-state index contributed by atoms with van der Waals surface area (Å²) in [5.74, 6) is 1.58. The fourth-order valence-electron chi connectivity index (χ4n) is 2.52. The zero-order chi connectivity index (χ0) is 11.4. The molecule has 0 bridgehead atoms. The van der Waals surface area contributed by atoms with Crippen molar-refractivity contribution in [2.75, 3.05) is 5.32 Å². The van der Waals surface area contributed by atoms with E-state index in [-0.39, 0.29) is 0 Å². The van der Waals surface area contributed by atoms with Gasteiger partial charge in [0.15, 0.2) is 0 Å². The Kier molecular flexibility index (Phi) is 3.75. The topological polar surface area (TPSA) is 37.8 Å². The molecule has 2 atom stereocenters. The second kappa shape index (κ2) is 5.28. The van der Waals surface area contributed by atoms with E-state index in [0.717, 1.165) is 17.4 Å². The first-order valence-corrected chi connectivity index (χ1v) is 6.34. The molecule has 1 heterocycles. The minimum atomic E-state index is 0.571. The number of nitrogens with zero attached hydrogens (tertiary/aromatic N) is 2. The Morgan fingerprint density at radius 3 is 2.62 bits per heavy atom.